The zero-order chi connectivity index (χ0) is 17.2. The van der Waals surface area contributed by atoms with Gasteiger partial charge in [0.1, 0.15) is 0 Å². The van der Waals surface area contributed by atoms with Crippen molar-refractivity contribution in [2.45, 2.75) is 57.2 Å². The summed E-state index contributed by atoms with van der Waals surface area (Å²) in [5.74, 6) is 1.16. The summed E-state index contributed by atoms with van der Waals surface area (Å²) in [6, 6.07) is 5.82. The fourth-order valence-electron chi connectivity index (χ4n) is 2.70. The van der Waals surface area contributed by atoms with Crippen LogP contribution in [-0.2, 0) is 6.54 Å². The van der Waals surface area contributed by atoms with Crippen LogP contribution in [-0.4, -0.2) is 15.3 Å². The van der Waals surface area contributed by atoms with Crippen molar-refractivity contribution in [2.24, 2.45) is 0 Å². The predicted molar refractivity (Wildman–Crippen MR) is 107 cm³/mol. The summed E-state index contributed by atoms with van der Waals surface area (Å²) >= 11 is 14.5. The Hall–Kier alpha value is -0.640. The first-order valence-electron chi connectivity index (χ1n) is 8.73. The van der Waals surface area contributed by atoms with E-state index < -0.39 is 0 Å². The number of imidazole rings is 1. The van der Waals surface area contributed by atoms with E-state index in [4.69, 9.17) is 23.2 Å². The maximum atomic E-state index is 6.44. The molecule has 1 aromatic carbocycles. The van der Waals surface area contributed by atoms with Crippen LogP contribution >= 0.6 is 35.0 Å². The Bertz CT molecular complexity index is 587. The molecule has 2 rings (SSSR count). The summed E-state index contributed by atoms with van der Waals surface area (Å²) in [7, 11) is 0. The van der Waals surface area contributed by atoms with Crippen molar-refractivity contribution in [3.05, 3.63) is 52.5 Å². The third-order valence-corrected chi connectivity index (χ3v) is 5.95. The van der Waals surface area contributed by atoms with Crippen molar-refractivity contribution in [3.8, 4) is 0 Å². The molecule has 0 amide bonds. The maximum Gasteiger partial charge on any atom is 0.0946 e. The van der Waals surface area contributed by atoms with Gasteiger partial charge in [-0.25, -0.2) is 4.98 Å². The molecular weight excluding hydrogens is 359 g/mol. The van der Waals surface area contributed by atoms with E-state index >= 15 is 0 Å². The smallest absolute Gasteiger partial charge is 0.0946 e. The minimum Gasteiger partial charge on any atom is -0.336 e. The molecule has 1 aromatic heterocycles. The summed E-state index contributed by atoms with van der Waals surface area (Å²) in [6.45, 7) is 3.13. The standard InChI is InChI=1S/C19H26Cl2N2S/c1-2-3-4-5-6-7-12-24-19(14-23-11-10-22-15-23)17-9-8-16(20)13-18(17)21/h8-11,13,15,19H,2-7,12,14H2,1H3. The van der Waals surface area contributed by atoms with Crippen LogP contribution in [0.2, 0.25) is 10.0 Å². The van der Waals surface area contributed by atoms with Crippen molar-refractivity contribution in [1.29, 1.82) is 0 Å². The Morgan fingerprint density at radius 3 is 2.62 bits per heavy atom. The lowest BCUT2D eigenvalue weighted by Gasteiger charge is -2.19. The Morgan fingerprint density at radius 2 is 1.92 bits per heavy atom. The Balaban J connectivity index is 1.91. The molecule has 0 aliphatic rings. The minimum absolute atomic E-state index is 0.319. The third kappa shape index (κ3) is 6.70. The number of nitrogens with zero attached hydrogens (tertiary/aromatic N) is 2. The molecule has 0 saturated heterocycles. The largest absolute Gasteiger partial charge is 0.336 e. The molecule has 1 atom stereocenters. The number of thioether (sulfide) groups is 1. The van der Waals surface area contributed by atoms with E-state index in [-0.39, 0.29) is 0 Å². The van der Waals surface area contributed by atoms with Crippen LogP contribution in [0.3, 0.4) is 0 Å². The van der Waals surface area contributed by atoms with E-state index in [9.17, 15) is 0 Å². The summed E-state index contributed by atoms with van der Waals surface area (Å²) in [5, 5.41) is 1.76. The quantitative estimate of drug-likeness (QED) is 0.387. The highest BCUT2D eigenvalue weighted by Gasteiger charge is 2.16. The monoisotopic (exact) mass is 384 g/mol. The molecule has 1 heterocycles. The highest BCUT2D eigenvalue weighted by Crippen LogP contribution is 2.36. The van der Waals surface area contributed by atoms with Crippen LogP contribution in [0.5, 0.6) is 0 Å². The molecule has 0 fully saturated rings. The Morgan fingerprint density at radius 1 is 1.12 bits per heavy atom. The van der Waals surface area contributed by atoms with Crippen molar-refractivity contribution in [3.63, 3.8) is 0 Å². The normalized spacial score (nSPS) is 12.5. The number of aromatic nitrogens is 2. The van der Waals surface area contributed by atoms with Crippen molar-refractivity contribution in [1.82, 2.24) is 9.55 Å². The molecule has 0 radical (unpaired) electrons. The maximum absolute atomic E-state index is 6.44. The lowest BCUT2D eigenvalue weighted by atomic mass is 10.1. The van der Waals surface area contributed by atoms with Crippen molar-refractivity contribution >= 4 is 35.0 Å². The molecular formula is C19H26Cl2N2S. The molecule has 5 heteroatoms. The lowest BCUT2D eigenvalue weighted by molar-refractivity contribution is 0.625. The second-order valence-electron chi connectivity index (χ2n) is 6.05. The Kier molecular flexibility index (Phi) is 9.08. The van der Waals surface area contributed by atoms with E-state index in [1.54, 1.807) is 0 Å². The average Bonchev–Trinajstić information content (AvgIpc) is 3.06. The average molecular weight is 385 g/mol. The van der Waals surface area contributed by atoms with Crippen molar-refractivity contribution < 1.29 is 0 Å². The molecule has 0 spiro atoms. The van der Waals surface area contributed by atoms with E-state index in [0.29, 0.717) is 10.3 Å². The molecule has 0 bridgehead atoms. The number of rotatable bonds is 11. The predicted octanol–water partition coefficient (Wildman–Crippen LogP) is 7.02. The third-order valence-electron chi connectivity index (χ3n) is 4.06. The number of hydrogen-bond donors (Lipinski definition) is 0. The van der Waals surface area contributed by atoms with E-state index in [0.717, 1.165) is 22.9 Å². The highest BCUT2D eigenvalue weighted by atomic mass is 35.5. The number of benzene rings is 1. The van der Waals surface area contributed by atoms with Gasteiger partial charge in [0, 0.05) is 34.2 Å². The van der Waals surface area contributed by atoms with Gasteiger partial charge < -0.3 is 4.57 Å². The Labute approximate surface area is 160 Å². The van der Waals surface area contributed by atoms with Gasteiger partial charge in [-0.2, -0.15) is 11.8 Å². The summed E-state index contributed by atoms with van der Waals surface area (Å²) in [6.07, 6.45) is 13.6. The molecule has 1 unspecified atom stereocenters. The van der Waals surface area contributed by atoms with Gasteiger partial charge >= 0.3 is 0 Å². The molecule has 0 saturated carbocycles. The van der Waals surface area contributed by atoms with Gasteiger partial charge in [0.25, 0.3) is 0 Å². The van der Waals surface area contributed by atoms with Gasteiger partial charge in [-0.3, -0.25) is 0 Å². The van der Waals surface area contributed by atoms with Crippen LogP contribution in [0.4, 0.5) is 0 Å². The van der Waals surface area contributed by atoms with Crippen LogP contribution in [0.25, 0.3) is 0 Å². The minimum atomic E-state index is 0.319. The first-order chi connectivity index (χ1) is 11.7. The lowest BCUT2D eigenvalue weighted by Crippen LogP contribution is -2.06. The van der Waals surface area contributed by atoms with Gasteiger partial charge in [0.2, 0.25) is 0 Å². The zero-order valence-electron chi connectivity index (χ0n) is 14.3. The number of unbranched alkanes of at least 4 members (excludes halogenated alkanes) is 5. The first-order valence-corrected chi connectivity index (χ1v) is 10.5. The summed E-state index contributed by atoms with van der Waals surface area (Å²) < 4.78 is 2.11. The van der Waals surface area contributed by atoms with Gasteiger partial charge in [0.05, 0.1) is 6.33 Å². The van der Waals surface area contributed by atoms with E-state index in [1.165, 1.54) is 38.5 Å². The van der Waals surface area contributed by atoms with Crippen LogP contribution in [0.1, 0.15) is 56.3 Å². The van der Waals surface area contributed by atoms with Crippen molar-refractivity contribution in [2.75, 3.05) is 5.75 Å². The van der Waals surface area contributed by atoms with E-state index in [2.05, 4.69) is 22.5 Å². The second kappa shape index (κ2) is 11.1. The van der Waals surface area contributed by atoms with E-state index in [1.807, 2.05) is 42.6 Å². The SMILES string of the molecule is CCCCCCCCSC(Cn1ccnc1)c1ccc(Cl)cc1Cl. The fraction of sp³-hybridized carbons (Fsp3) is 0.526. The van der Waals surface area contributed by atoms with Crippen LogP contribution in [0, 0.1) is 0 Å². The van der Waals surface area contributed by atoms with Gasteiger partial charge in [-0.1, -0.05) is 68.3 Å². The first kappa shape index (κ1) is 19.7. The van der Waals surface area contributed by atoms with Gasteiger partial charge in [-0.15, -0.1) is 0 Å². The summed E-state index contributed by atoms with van der Waals surface area (Å²) in [5.41, 5.74) is 1.16. The fourth-order valence-corrected chi connectivity index (χ4v) is 4.62. The van der Waals surface area contributed by atoms with Crippen LogP contribution in [0.15, 0.2) is 36.9 Å². The molecule has 0 aliphatic carbocycles. The van der Waals surface area contributed by atoms with Gasteiger partial charge in [0.15, 0.2) is 0 Å². The van der Waals surface area contributed by atoms with Crippen LogP contribution < -0.4 is 0 Å². The molecule has 132 valence electrons. The molecule has 2 nitrogen and oxygen atoms in total. The second-order valence-corrected chi connectivity index (χ2v) is 8.21. The topological polar surface area (TPSA) is 17.8 Å². The van der Waals surface area contributed by atoms with Gasteiger partial charge in [-0.05, 0) is 29.9 Å². The molecule has 2 aromatic rings. The highest BCUT2D eigenvalue weighted by molar-refractivity contribution is 7.99. The number of halogens is 2. The molecule has 0 aliphatic heterocycles. The molecule has 24 heavy (non-hydrogen) atoms. The number of hydrogen-bond acceptors (Lipinski definition) is 2. The zero-order valence-corrected chi connectivity index (χ0v) is 16.6. The molecule has 0 N–H and O–H groups in total. The summed E-state index contributed by atoms with van der Waals surface area (Å²) in [4.78, 5) is 4.14.